The maximum atomic E-state index is 13.4. The van der Waals surface area contributed by atoms with Gasteiger partial charge in [-0.05, 0) is 49.9 Å². The van der Waals surface area contributed by atoms with Gasteiger partial charge in [-0.15, -0.1) is 0 Å². The van der Waals surface area contributed by atoms with Crippen molar-refractivity contribution in [3.05, 3.63) is 36.5 Å². The van der Waals surface area contributed by atoms with Crippen LogP contribution in [0, 0.1) is 6.07 Å². The number of anilines is 1. The first-order valence-corrected chi connectivity index (χ1v) is 8.73. The van der Waals surface area contributed by atoms with Crippen LogP contribution in [0.15, 0.2) is 30.5 Å². The molecule has 0 amide bonds. The molecule has 0 unspecified atom stereocenters. The maximum absolute atomic E-state index is 13.4. The summed E-state index contributed by atoms with van der Waals surface area (Å²) in [4.78, 5) is 6.28. The fraction of sp³-hybridized carbons (Fsp3) is 0.526. The smallest absolute Gasteiger partial charge is 0.261 e. The summed E-state index contributed by atoms with van der Waals surface area (Å²) < 4.78 is 26.8. The van der Waals surface area contributed by atoms with Crippen LogP contribution in [0.3, 0.4) is 0 Å². The first kappa shape index (κ1) is 15.8. The minimum atomic E-state index is -2.48. The zero-order chi connectivity index (χ0) is 16.6. The number of rotatable bonds is 3. The van der Waals surface area contributed by atoms with Gasteiger partial charge in [0.25, 0.3) is 5.92 Å². The van der Waals surface area contributed by atoms with Gasteiger partial charge >= 0.3 is 0 Å². The Morgan fingerprint density at radius 2 is 2.04 bits per heavy atom. The Morgan fingerprint density at radius 1 is 1.21 bits per heavy atom. The Morgan fingerprint density at radius 3 is 2.79 bits per heavy atom. The second kappa shape index (κ2) is 6.28. The molecule has 1 aliphatic heterocycles. The van der Waals surface area contributed by atoms with Gasteiger partial charge in [0.2, 0.25) is 0 Å². The van der Waals surface area contributed by atoms with E-state index in [9.17, 15) is 8.78 Å². The summed E-state index contributed by atoms with van der Waals surface area (Å²) in [6, 6.07) is 11.9. The summed E-state index contributed by atoms with van der Waals surface area (Å²) in [5, 5.41) is 4.67. The maximum Gasteiger partial charge on any atom is 0.261 e. The minimum absolute atomic E-state index is 0.0212. The van der Waals surface area contributed by atoms with Crippen molar-refractivity contribution in [1.82, 2.24) is 9.88 Å². The van der Waals surface area contributed by atoms with Gasteiger partial charge in [0, 0.05) is 48.4 Å². The number of hydrogen-bond acceptors (Lipinski definition) is 3. The lowest BCUT2D eigenvalue weighted by atomic mass is 9.90. The van der Waals surface area contributed by atoms with Crippen molar-refractivity contribution >= 4 is 16.6 Å². The topological polar surface area (TPSA) is 28.2 Å². The van der Waals surface area contributed by atoms with Gasteiger partial charge in [0.05, 0.1) is 12.1 Å². The Labute approximate surface area is 141 Å². The van der Waals surface area contributed by atoms with Crippen molar-refractivity contribution < 1.29 is 8.78 Å². The molecule has 1 saturated carbocycles. The number of nitrogens with one attached hydrogen (secondary N) is 1. The molecule has 0 atom stereocenters. The Balaban J connectivity index is 1.34. The third kappa shape index (κ3) is 3.36. The third-order valence-electron chi connectivity index (χ3n) is 5.33. The van der Waals surface area contributed by atoms with E-state index in [4.69, 9.17) is 0 Å². The standard InChI is InChI=1S/C19H22F2N3/c20-19(21)9-11-24(13-19)17-6-3-15(4-7-17)23-16-5-8-18-14(12-16)2-1-10-22-18/h2,5,8,10,12,15,17,23H,3-4,6-7,9,11,13H2. The molecule has 24 heavy (non-hydrogen) atoms. The molecule has 5 heteroatoms. The Kier molecular flexibility index (Phi) is 4.12. The lowest BCUT2D eigenvalue weighted by Gasteiger charge is -2.35. The fourth-order valence-corrected chi connectivity index (χ4v) is 4.01. The second-order valence-corrected chi connectivity index (χ2v) is 7.07. The van der Waals surface area contributed by atoms with Crippen LogP contribution in [0.25, 0.3) is 10.9 Å². The van der Waals surface area contributed by atoms with Gasteiger partial charge in [-0.1, -0.05) is 0 Å². The lowest BCUT2D eigenvalue weighted by Crippen LogP contribution is -2.40. The summed E-state index contributed by atoms with van der Waals surface area (Å²) in [6.07, 6.45) is 5.76. The van der Waals surface area contributed by atoms with Crippen LogP contribution < -0.4 is 5.32 Å². The van der Waals surface area contributed by atoms with Gasteiger partial charge in [-0.2, -0.15) is 0 Å². The second-order valence-electron chi connectivity index (χ2n) is 7.07. The normalized spacial score (nSPS) is 27.4. The molecule has 0 spiro atoms. The highest BCUT2D eigenvalue weighted by Crippen LogP contribution is 2.33. The van der Waals surface area contributed by atoms with Crippen molar-refractivity contribution in [1.29, 1.82) is 0 Å². The number of aromatic nitrogens is 1. The average molecular weight is 330 g/mol. The molecule has 2 fully saturated rings. The highest BCUT2D eigenvalue weighted by atomic mass is 19.3. The molecule has 2 heterocycles. The SMILES string of the molecule is FC1(F)CCN(C2CCC(Nc3ccc4nc[c]cc4c3)CC2)C1. The van der Waals surface area contributed by atoms with E-state index in [2.05, 4.69) is 28.5 Å². The predicted molar refractivity (Wildman–Crippen MR) is 91.4 cm³/mol. The molecule has 3 nitrogen and oxygen atoms in total. The number of hydrogen-bond donors (Lipinski definition) is 1. The molecular formula is C19H22F2N3. The van der Waals surface area contributed by atoms with Crippen molar-refractivity contribution in [2.75, 3.05) is 18.4 Å². The molecule has 1 aromatic heterocycles. The molecule has 2 aromatic rings. The summed E-state index contributed by atoms with van der Waals surface area (Å²) in [5.41, 5.74) is 2.07. The van der Waals surface area contributed by atoms with E-state index < -0.39 is 5.92 Å². The van der Waals surface area contributed by atoms with Crippen LogP contribution in [0.4, 0.5) is 14.5 Å². The van der Waals surface area contributed by atoms with E-state index in [1.807, 2.05) is 17.0 Å². The highest BCUT2D eigenvalue weighted by molar-refractivity contribution is 5.82. The minimum Gasteiger partial charge on any atom is -0.382 e. The summed E-state index contributed by atoms with van der Waals surface area (Å²) in [6.45, 7) is 0.494. The number of benzene rings is 1. The van der Waals surface area contributed by atoms with E-state index >= 15 is 0 Å². The first-order chi connectivity index (χ1) is 11.6. The highest BCUT2D eigenvalue weighted by Gasteiger charge is 2.41. The lowest BCUT2D eigenvalue weighted by molar-refractivity contribution is 0.00535. The Bertz CT molecular complexity index is 711. The predicted octanol–water partition coefficient (Wildman–Crippen LogP) is 4.10. The zero-order valence-corrected chi connectivity index (χ0v) is 13.6. The number of likely N-dealkylation sites (tertiary alicyclic amines) is 1. The van der Waals surface area contributed by atoms with Crippen LogP contribution in [-0.2, 0) is 0 Å². The number of alkyl halides is 2. The molecule has 1 radical (unpaired) electrons. The fourth-order valence-electron chi connectivity index (χ4n) is 4.01. The molecule has 4 rings (SSSR count). The van der Waals surface area contributed by atoms with Crippen molar-refractivity contribution in [3.8, 4) is 0 Å². The number of fused-ring (bicyclic) bond motifs is 1. The Hall–Kier alpha value is -1.75. The largest absolute Gasteiger partial charge is 0.382 e. The molecule has 127 valence electrons. The van der Waals surface area contributed by atoms with Crippen molar-refractivity contribution in [2.45, 2.75) is 50.1 Å². The molecular weight excluding hydrogens is 308 g/mol. The zero-order valence-electron chi connectivity index (χ0n) is 13.6. The number of nitrogens with zero attached hydrogens (tertiary/aromatic N) is 2. The van der Waals surface area contributed by atoms with Crippen LogP contribution >= 0.6 is 0 Å². The molecule has 2 aliphatic rings. The van der Waals surface area contributed by atoms with Crippen LogP contribution in [0.1, 0.15) is 32.1 Å². The van der Waals surface area contributed by atoms with E-state index in [1.54, 1.807) is 6.20 Å². The van der Waals surface area contributed by atoms with E-state index in [-0.39, 0.29) is 13.0 Å². The van der Waals surface area contributed by atoms with Gasteiger partial charge < -0.3 is 5.32 Å². The van der Waals surface area contributed by atoms with Gasteiger partial charge in [0.1, 0.15) is 0 Å². The van der Waals surface area contributed by atoms with Gasteiger partial charge in [0.15, 0.2) is 0 Å². The van der Waals surface area contributed by atoms with Crippen molar-refractivity contribution in [3.63, 3.8) is 0 Å². The quantitative estimate of drug-likeness (QED) is 0.918. The third-order valence-corrected chi connectivity index (χ3v) is 5.33. The van der Waals surface area contributed by atoms with E-state index in [0.29, 0.717) is 18.6 Å². The summed E-state index contributed by atoms with van der Waals surface area (Å²) in [5.74, 6) is -2.48. The molecule has 1 N–H and O–H groups in total. The van der Waals surface area contributed by atoms with Crippen molar-refractivity contribution in [2.24, 2.45) is 0 Å². The molecule has 1 aliphatic carbocycles. The van der Waals surface area contributed by atoms with Gasteiger partial charge in [-0.3, -0.25) is 9.88 Å². The summed E-state index contributed by atoms with van der Waals surface area (Å²) in [7, 11) is 0. The van der Waals surface area contributed by atoms with Crippen LogP contribution in [0.5, 0.6) is 0 Å². The monoisotopic (exact) mass is 330 g/mol. The molecule has 1 aromatic carbocycles. The van der Waals surface area contributed by atoms with Crippen LogP contribution in [-0.4, -0.2) is 41.0 Å². The number of halogens is 2. The molecule has 1 saturated heterocycles. The van der Waals surface area contributed by atoms with E-state index in [0.717, 1.165) is 42.3 Å². The average Bonchev–Trinajstić information content (AvgIpc) is 2.95. The van der Waals surface area contributed by atoms with Crippen LogP contribution in [0.2, 0.25) is 0 Å². The van der Waals surface area contributed by atoms with E-state index in [1.165, 1.54) is 0 Å². The number of pyridine rings is 1. The molecule has 0 bridgehead atoms. The summed E-state index contributed by atoms with van der Waals surface area (Å²) >= 11 is 0. The first-order valence-electron chi connectivity index (χ1n) is 8.73. The van der Waals surface area contributed by atoms with Gasteiger partial charge in [-0.25, -0.2) is 8.78 Å².